The molecule has 156 valence electrons. The molecule has 8 heteroatoms. The van der Waals surface area contributed by atoms with Gasteiger partial charge in [0.1, 0.15) is 0 Å². The van der Waals surface area contributed by atoms with E-state index in [1.54, 1.807) is 24.3 Å². The smallest absolute Gasteiger partial charge is 0.243 e. The zero-order valence-corrected chi connectivity index (χ0v) is 18.7. The number of nitrogens with one attached hydrogen (secondary N) is 1. The minimum Gasteiger partial charge on any atom is -0.379 e. The van der Waals surface area contributed by atoms with Gasteiger partial charge in [0.05, 0.1) is 24.2 Å². The van der Waals surface area contributed by atoms with Crippen molar-refractivity contribution in [3.8, 4) is 0 Å². The van der Waals surface area contributed by atoms with Crippen molar-refractivity contribution in [2.24, 2.45) is 0 Å². The first-order chi connectivity index (χ1) is 13.9. The molecular weight excluding hydrogens is 456 g/mol. The van der Waals surface area contributed by atoms with Gasteiger partial charge in [-0.15, -0.1) is 0 Å². The van der Waals surface area contributed by atoms with Gasteiger partial charge in [0, 0.05) is 24.0 Å². The third kappa shape index (κ3) is 5.66. The predicted octanol–water partition coefficient (Wildman–Crippen LogP) is 3.28. The summed E-state index contributed by atoms with van der Waals surface area (Å²) in [5, 5.41) is 3.00. The van der Waals surface area contributed by atoms with E-state index in [1.165, 1.54) is 4.31 Å². The Kier molecular flexibility index (Phi) is 7.45. The number of sulfonamides is 1. The first kappa shape index (κ1) is 22.0. The Labute approximate surface area is 180 Å². The van der Waals surface area contributed by atoms with Gasteiger partial charge in [0.15, 0.2) is 0 Å². The lowest BCUT2D eigenvalue weighted by Gasteiger charge is -2.26. The summed E-state index contributed by atoms with van der Waals surface area (Å²) in [6.07, 6.45) is 0.886. The lowest BCUT2D eigenvalue weighted by atomic mass is 10.1. The molecule has 1 aliphatic rings. The van der Waals surface area contributed by atoms with Crippen molar-refractivity contribution in [3.63, 3.8) is 0 Å². The highest BCUT2D eigenvalue weighted by Gasteiger charge is 2.26. The lowest BCUT2D eigenvalue weighted by Crippen LogP contribution is -2.40. The maximum Gasteiger partial charge on any atom is 0.243 e. The van der Waals surface area contributed by atoms with Crippen LogP contribution in [0.25, 0.3) is 0 Å². The molecule has 1 amide bonds. The quantitative estimate of drug-likeness (QED) is 0.659. The third-order valence-corrected chi connectivity index (χ3v) is 7.56. The fraction of sp³-hybridized carbons (Fsp3) is 0.381. The summed E-state index contributed by atoms with van der Waals surface area (Å²) in [5.74, 6) is -0.0433. The Morgan fingerprint density at radius 1 is 1.14 bits per heavy atom. The van der Waals surface area contributed by atoms with Crippen molar-refractivity contribution in [3.05, 3.63) is 64.1 Å². The SMILES string of the molecule is CC(NC(=O)CCc1ccc(S(=O)(=O)N2CCOCC2)cc1)c1ccccc1Br. The van der Waals surface area contributed by atoms with E-state index in [9.17, 15) is 13.2 Å². The Morgan fingerprint density at radius 3 is 2.45 bits per heavy atom. The average Bonchev–Trinajstić information content (AvgIpc) is 2.73. The Morgan fingerprint density at radius 2 is 1.79 bits per heavy atom. The molecule has 0 spiro atoms. The van der Waals surface area contributed by atoms with Crippen molar-refractivity contribution in [2.75, 3.05) is 26.3 Å². The summed E-state index contributed by atoms with van der Waals surface area (Å²) in [6, 6.07) is 14.5. The van der Waals surface area contributed by atoms with Gasteiger partial charge in [-0.3, -0.25) is 4.79 Å². The van der Waals surface area contributed by atoms with E-state index in [4.69, 9.17) is 4.74 Å². The fourth-order valence-corrected chi connectivity index (χ4v) is 5.28. The third-order valence-electron chi connectivity index (χ3n) is 4.92. The number of ether oxygens (including phenoxy) is 1. The Balaban J connectivity index is 1.54. The van der Waals surface area contributed by atoms with Crippen LogP contribution in [-0.4, -0.2) is 44.9 Å². The molecule has 6 nitrogen and oxygen atoms in total. The number of aryl methyl sites for hydroxylation is 1. The van der Waals surface area contributed by atoms with E-state index < -0.39 is 10.0 Å². The highest BCUT2D eigenvalue weighted by molar-refractivity contribution is 9.10. The second-order valence-corrected chi connectivity index (χ2v) is 9.76. The molecule has 0 aromatic heterocycles. The van der Waals surface area contributed by atoms with E-state index in [1.807, 2.05) is 31.2 Å². The maximum absolute atomic E-state index is 12.7. The molecule has 0 bridgehead atoms. The highest BCUT2D eigenvalue weighted by Crippen LogP contribution is 2.23. The van der Waals surface area contributed by atoms with E-state index in [-0.39, 0.29) is 16.8 Å². The summed E-state index contributed by atoms with van der Waals surface area (Å²) < 4.78 is 32.9. The van der Waals surface area contributed by atoms with Crippen LogP contribution in [0.15, 0.2) is 57.9 Å². The molecule has 1 unspecified atom stereocenters. The van der Waals surface area contributed by atoms with E-state index >= 15 is 0 Å². The van der Waals surface area contributed by atoms with Crippen LogP contribution >= 0.6 is 15.9 Å². The first-order valence-corrected chi connectivity index (χ1v) is 11.8. The topological polar surface area (TPSA) is 75.7 Å². The van der Waals surface area contributed by atoms with E-state index in [2.05, 4.69) is 21.2 Å². The molecule has 2 aromatic carbocycles. The zero-order valence-electron chi connectivity index (χ0n) is 16.3. The number of benzene rings is 2. The van der Waals surface area contributed by atoms with E-state index in [0.717, 1.165) is 15.6 Å². The minimum absolute atomic E-state index is 0.0433. The zero-order chi connectivity index (χ0) is 20.9. The van der Waals surface area contributed by atoms with Crippen molar-refractivity contribution in [1.29, 1.82) is 0 Å². The molecule has 0 aliphatic carbocycles. The number of carbonyl (C=O) groups excluding carboxylic acids is 1. The molecule has 0 saturated carbocycles. The number of morpholine rings is 1. The van der Waals surface area contributed by atoms with Crippen LogP contribution in [0, 0.1) is 0 Å². The molecule has 3 rings (SSSR count). The number of halogens is 1. The average molecular weight is 481 g/mol. The summed E-state index contributed by atoms with van der Waals surface area (Å²) in [6.45, 7) is 3.54. The van der Waals surface area contributed by atoms with Crippen LogP contribution in [0.1, 0.15) is 30.5 Å². The molecular formula is C21H25BrN2O4S. The van der Waals surface area contributed by atoms with Gasteiger partial charge in [0.25, 0.3) is 0 Å². The van der Waals surface area contributed by atoms with Crippen LogP contribution in [0.4, 0.5) is 0 Å². The second kappa shape index (κ2) is 9.84. The number of amides is 1. The van der Waals surface area contributed by atoms with Crippen LogP contribution in [0.3, 0.4) is 0 Å². The number of hydrogen-bond acceptors (Lipinski definition) is 4. The molecule has 1 fully saturated rings. The van der Waals surface area contributed by atoms with E-state index in [0.29, 0.717) is 39.1 Å². The Hall–Kier alpha value is -1.74. The Bertz CT molecular complexity index is 941. The fourth-order valence-electron chi connectivity index (χ4n) is 3.24. The highest BCUT2D eigenvalue weighted by atomic mass is 79.9. The maximum atomic E-state index is 12.7. The van der Waals surface area contributed by atoms with Crippen LogP contribution < -0.4 is 5.32 Å². The lowest BCUT2D eigenvalue weighted by molar-refractivity contribution is -0.121. The predicted molar refractivity (Wildman–Crippen MR) is 115 cm³/mol. The van der Waals surface area contributed by atoms with Crippen molar-refractivity contribution < 1.29 is 17.9 Å². The summed E-state index contributed by atoms with van der Waals surface area (Å²) >= 11 is 3.50. The normalized spacial score (nSPS) is 16.3. The van der Waals surface area contributed by atoms with Gasteiger partial charge in [0.2, 0.25) is 15.9 Å². The molecule has 1 aliphatic heterocycles. The summed E-state index contributed by atoms with van der Waals surface area (Å²) in [4.78, 5) is 12.6. The number of carbonyl (C=O) groups is 1. The van der Waals surface area contributed by atoms with Gasteiger partial charge in [-0.1, -0.05) is 46.3 Å². The van der Waals surface area contributed by atoms with Crippen molar-refractivity contribution in [2.45, 2.75) is 30.7 Å². The number of nitrogens with zero attached hydrogens (tertiary/aromatic N) is 1. The molecule has 0 radical (unpaired) electrons. The van der Waals surface area contributed by atoms with Crippen molar-refractivity contribution >= 4 is 31.9 Å². The standard InChI is InChI=1S/C21H25BrN2O4S/c1-16(19-4-2-3-5-20(19)22)23-21(25)11-8-17-6-9-18(10-7-17)29(26,27)24-12-14-28-15-13-24/h2-7,9-10,16H,8,11-15H2,1H3,(H,23,25). The molecule has 1 atom stereocenters. The number of hydrogen-bond donors (Lipinski definition) is 1. The monoisotopic (exact) mass is 480 g/mol. The van der Waals surface area contributed by atoms with Crippen molar-refractivity contribution in [1.82, 2.24) is 9.62 Å². The molecule has 1 saturated heterocycles. The largest absolute Gasteiger partial charge is 0.379 e. The van der Waals surface area contributed by atoms with Gasteiger partial charge in [-0.05, 0) is 42.7 Å². The van der Waals surface area contributed by atoms with Gasteiger partial charge < -0.3 is 10.1 Å². The molecule has 1 heterocycles. The number of rotatable bonds is 7. The van der Waals surface area contributed by atoms with Crippen LogP contribution in [0.5, 0.6) is 0 Å². The van der Waals surface area contributed by atoms with Gasteiger partial charge >= 0.3 is 0 Å². The molecule has 1 N–H and O–H groups in total. The summed E-state index contributed by atoms with van der Waals surface area (Å²) in [7, 11) is -3.49. The molecule has 2 aromatic rings. The van der Waals surface area contributed by atoms with Crippen LogP contribution in [0.2, 0.25) is 0 Å². The van der Waals surface area contributed by atoms with Gasteiger partial charge in [-0.2, -0.15) is 4.31 Å². The minimum atomic E-state index is -3.49. The second-order valence-electron chi connectivity index (χ2n) is 6.97. The molecule has 29 heavy (non-hydrogen) atoms. The van der Waals surface area contributed by atoms with Crippen LogP contribution in [-0.2, 0) is 26.0 Å². The summed E-state index contributed by atoms with van der Waals surface area (Å²) in [5.41, 5.74) is 1.95. The van der Waals surface area contributed by atoms with Gasteiger partial charge in [-0.25, -0.2) is 8.42 Å². The first-order valence-electron chi connectivity index (χ1n) is 9.58.